The first-order valence-corrected chi connectivity index (χ1v) is 6.43. The summed E-state index contributed by atoms with van der Waals surface area (Å²) in [5.74, 6) is -1.67. The smallest absolute Gasteiger partial charge is 0.326 e. The quantitative estimate of drug-likeness (QED) is 0.563. The minimum absolute atomic E-state index is 0.00841. The number of hydrogen-bond donors (Lipinski definition) is 3. The lowest BCUT2D eigenvalue weighted by Gasteiger charge is -2.20. The zero-order valence-corrected chi connectivity index (χ0v) is 11.4. The lowest BCUT2D eigenvalue weighted by molar-refractivity contribution is -0.142. The van der Waals surface area contributed by atoms with Crippen LogP contribution in [0.2, 0.25) is 0 Å². The number of carboxylic acid groups (broad SMARTS) is 1. The van der Waals surface area contributed by atoms with Gasteiger partial charge in [0, 0.05) is 32.0 Å². The van der Waals surface area contributed by atoms with Crippen molar-refractivity contribution in [2.75, 3.05) is 26.8 Å². The Kier molecular flexibility index (Phi) is 6.23. The molecule has 0 saturated carbocycles. The van der Waals surface area contributed by atoms with Crippen LogP contribution in [0.3, 0.4) is 0 Å². The van der Waals surface area contributed by atoms with Crippen molar-refractivity contribution in [3.8, 4) is 0 Å². The minimum Gasteiger partial charge on any atom is -0.480 e. The lowest BCUT2D eigenvalue weighted by Crippen LogP contribution is -2.47. The van der Waals surface area contributed by atoms with E-state index in [2.05, 4.69) is 10.1 Å². The van der Waals surface area contributed by atoms with Crippen LogP contribution < -0.4 is 5.32 Å². The van der Waals surface area contributed by atoms with Gasteiger partial charge in [-0.15, -0.1) is 0 Å². The number of carbonyl (C=O) groups is 3. The maximum Gasteiger partial charge on any atom is 0.326 e. The van der Waals surface area contributed by atoms with Gasteiger partial charge in [0.25, 0.3) is 0 Å². The molecule has 1 rings (SSSR count). The van der Waals surface area contributed by atoms with Gasteiger partial charge >= 0.3 is 18.0 Å². The van der Waals surface area contributed by atoms with Gasteiger partial charge in [-0.1, -0.05) is 0 Å². The number of esters is 1. The number of hydrogen-bond acceptors (Lipinski definition) is 5. The van der Waals surface area contributed by atoms with Crippen LogP contribution in [0.1, 0.15) is 19.3 Å². The number of urea groups is 1. The predicted octanol–water partition coefficient (Wildman–Crippen LogP) is -0.583. The van der Waals surface area contributed by atoms with E-state index in [-0.39, 0.29) is 25.4 Å². The molecule has 3 N–H and O–H groups in total. The average molecular weight is 288 g/mol. The largest absolute Gasteiger partial charge is 0.480 e. The molecule has 0 bridgehead atoms. The van der Waals surface area contributed by atoms with E-state index in [1.807, 2.05) is 0 Å². The summed E-state index contributed by atoms with van der Waals surface area (Å²) in [4.78, 5) is 35.4. The molecule has 0 aromatic rings. The number of methoxy groups -OCH3 is 1. The third-order valence-electron chi connectivity index (χ3n) is 3.29. The van der Waals surface area contributed by atoms with E-state index in [1.165, 1.54) is 12.0 Å². The third kappa shape index (κ3) is 4.69. The fourth-order valence-electron chi connectivity index (χ4n) is 2.03. The van der Waals surface area contributed by atoms with Gasteiger partial charge in [0.05, 0.1) is 7.11 Å². The lowest BCUT2D eigenvalue weighted by atomic mass is 10.1. The number of carboxylic acids is 1. The van der Waals surface area contributed by atoms with Crippen LogP contribution in [0.4, 0.5) is 4.79 Å². The van der Waals surface area contributed by atoms with Crippen molar-refractivity contribution >= 4 is 18.0 Å². The molecule has 0 aromatic heterocycles. The Morgan fingerprint density at radius 3 is 2.65 bits per heavy atom. The van der Waals surface area contributed by atoms with Gasteiger partial charge in [-0.25, -0.2) is 9.59 Å². The van der Waals surface area contributed by atoms with Gasteiger partial charge < -0.3 is 25.2 Å². The van der Waals surface area contributed by atoms with Gasteiger partial charge in [0.1, 0.15) is 6.04 Å². The SMILES string of the molecule is COC(=O)CC[C@H](NC(=O)N1CCC(CO)C1)C(=O)O. The van der Waals surface area contributed by atoms with Gasteiger partial charge in [-0.05, 0) is 12.8 Å². The molecule has 1 fully saturated rings. The van der Waals surface area contributed by atoms with Crippen LogP contribution in [0, 0.1) is 5.92 Å². The highest BCUT2D eigenvalue weighted by Gasteiger charge is 2.29. The molecule has 0 radical (unpaired) electrons. The maximum absolute atomic E-state index is 11.9. The zero-order valence-electron chi connectivity index (χ0n) is 11.4. The second kappa shape index (κ2) is 7.68. The molecule has 1 unspecified atom stereocenters. The molecular weight excluding hydrogens is 268 g/mol. The highest BCUT2D eigenvalue weighted by Crippen LogP contribution is 2.15. The van der Waals surface area contributed by atoms with Crippen LogP contribution in [-0.4, -0.2) is 65.9 Å². The summed E-state index contributed by atoms with van der Waals surface area (Å²) < 4.78 is 4.43. The summed E-state index contributed by atoms with van der Waals surface area (Å²) in [6.45, 7) is 0.903. The fraction of sp³-hybridized carbons (Fsp3) is 0.750. The second-order valence-corrected chi connectivity index (χ2v) is 4.74. The third-order valence-corrected chi connectivity index (χ3v) is 3.29. The monoisotopic (exact) mass is 288 g/mol. The molecule has 1 heterocycles. The van der Waals surface area contributed by atoms with E-state index in [0.29, 0.717) is 19.5 Å². The Bertz CT molecular complexity index is 373. The molecule has 20 heavy (non-hydrogen) atoms. The Morgan fingerprint density at radius 1 is 1.45 bits per heavy atom. The van der Waals surface area contributed by atoms with Gasteiger partial charge in [-0.3, -0.25) is 4.79 Å². The Balaban J connectivity index is 2.47. The Morgan fingerprint density at radius 2 is 2.15 bits per heavy atom. The van der Waals surface area contributed by atoms with E-state index in [9.17, 15) is 14.4 Å². The minimum atomic E-state index is -1.19. The van der Waals surface area contributed by atoms with Crippen LogP contribution in [-0.2, 0) is 14.3 Å². The van der Waals surface area contributed by atoms with E-state index in [0.717, 1.165) is 0 Å². The molecule has 2 amide bonds. The van der Waals surface area contributed by atoms with Crippen LogP contribution in [0.5, 0.6) is 0 Å². The normalized spacial score (nSPS) is 19.5. The number of nitrogens with one attached hydrogen (secondary N) is 1. The van der Waals surface area contributed by atoms with Gasteiger partial charge in [0.15, 0.2) is 0 Å². The number of aliphatic carboxylic acids is 1. The highest BCUT2D eigenvalue weighted by atomic mass is 16.5. The maximum atomic E-state index is 11.9. The van der Waals surface area contributed by atoms with Crippen molar-refractivity contribution < 1.29 is 29.3 Å². The number of nitrogens with zero attached hydrogens (tertiary/aromatic N) is 1. The molecule has 8 nitrogen and oxygen atoms in total. The summed E-state index contributed by atoms with van der Waals surface area (Å²) in [5, 5.41) is 20.4. The number of carbonyl (C=O) groups excluding carboxylic acids is 2. The first kappa shape index (κ1) is 16.2. The van der Waals surface area contributed by atoms with Gasteiger partial charge in [0.2, 0.25) is 0 Å². The van der Waals surface area contributed by atoms with E-state index < -0.39 is 24.0 Å². The molecule has 0 spiro atoms. The summed E-state index contributed by atoms with van der Waals surface area (Å²) in [5.41, 5.74) is 0. The first-order chi connectivity index (χ1) is 9.47. The molecular formula is C12H20N2O6. The Labute approximate surface area is 116 Å². The topological polar surface area (TPSA) is 116 Å². The van der Waals surface area contributed by atoms with Crippen LogP contribution >= 0.6 is 0 Å². The molecule has 0 aliphatic carbocycles. The van der Waals surface area contributed by atoms with Crippen molar-refractivity contribution in [2.24, 2.45) is 5.92 Å². The second-order valence-electron chi connectivity index (χ2n) is 4.74. The molecule has 1 saturated heterocycles. The predicted molar refractivity (Wildman–Crippen MR) is 68.0 cm³/mol. The molecule has 1 aliphatic rings. The zero-order chi connectivity index (χ0) is 15.1. The standard InChI is InChI=1S/C12H20N2O6/c1-20-10(16)3-2-9(11(17)18)13-12(19)14-5-4-8(6-14)7-15/h8-9,15H,2-7H2,1H3,(H,13,19)(H,17,18)/t8?,9-/m0/s1. The molecule has 114 valence electrons. The summed E-state index contributed by atoms with van der Waals surface area (Å²) in [7, 11) is 1.22. The van der Waals surface area contributed by atoms with Crippen LogP contribution in [0.25, 0.3) is 0 Å². The molecule has 8 heteroatoms. The number of ether oxygens (including phenoxy) is 1. The fourth-order valence-corrected chi connectivity index (χ4v) is 2.03. The van der Waals surface area contributed by atoms with Crippen molar-refractivity contribution in [3.05, 3.63) is 0 Å². The number of likely N-dealkylation sites (tertiary alicyclic amines) is 1. The summed E-state index contributed by atoms with van der Waals surface area (Å²) in [6.07, 6.45) is 0.599. The first-order valence-electron chi connectivity index (χ1n) is 6.43. The van der Waals surface area contributed by atoms with Gasteiger partial charge in [-0.2, -0.15) is 0 Å². The van der Waals surface area contributed by atoms with Crippen LogP contribution in [0.15, 0.2) is 0 Å². The Hall–Kier alpha value is -1.83. The van der Waals surface area contributed by atoms with E-state index >= 15 is 0 Å². The molecule has 0 aromatic carbocycles. The molecule has 1 aliphatic heterocycles. The van der Waals surface area contributed by atoms with Crippen molar-refractivity contribution in [3.63, 3.8) is 0 Å². The number of rotatable bonds is 6. The van der Waals surface area contributed by atoms with Crippen molar-refractivity contribution in [1.82, 2.24) is 10.2 Å². The average Bonchev–Trinajstić information content (AvgIpc) is 2.91. The van der Waals surface area contributed by atoms with E-state index in [1.54, 1.807) is 0 Å². The van der Waals surface area contributed by atoms with Crippen molar-refractivity contribution in [2.45, 2.75) is 25.3 Å². The van der Waals surface area contributed by atoms with E-state index in [4.69, 9.17) is 10.2 Å². The number of amides is 2. The van der Waals surface area contributed by atoms with Crippen molar-refractivity contribution in [1.29, 1.82) is 0 Å². The molecule has 2 atom stereocenters. The summed E-state index contributed by atoms with van der Waals surface area (Å²) >= 11 is 0. The highest BCUT2D eigenvalue weighted by molar-refractivity contribution is 5.83. The number of aliphatic hydroxyl groups excluding tert-OH is 1. The summed E-state index contributed by atoms with van der Waals surface area (Å²) in [6, 6.07) is -1.62. The number of aliphatic hydroxyl groups is 1.